The molecule has 3 rings (SSSR count). The smallest absolute Gasteiger partial charge is 0.343 e. The first-order valence-corrected chi connectivity index (χ1v) is 9.62. The minimum absolute atomic E-state index is 0.0262. The molecule has 1 aromatic heterocycles. The van der Waals surface area contributed by atoms with Crippen LogP contribution in [-0.2, 0) is 9.53 Å². The van der Waals surface area contributed by atoms with Crippen LogP contribution >= 0.6 is 0 Å². The Balaban J connectivity index is 2.15. The molecule has 0 saturated carbocycles. The van der Waals surface area contributed by atoms with Gasteiger partial charge in [0, 0.05) is 5.92 Å². The highest BCUT2D eigenvalue weighted by Gasteiger charge is 2.28. The second-order valence-electron chi connectivity index (χ2n) is 7.14. The Morgan fingerprint density at radius 3 is 2.58 bits per heavy atom. The lowest BCUT2D eigenvalue weighted by Crippen LogP contribution is -2.18. The molecule has 7 heteroatoms. The van der Waals surface area contributed by atoms with Crippen molar-refractivity contribution in [2.24, 2.45) is 0 Å². The van der Waals surface area contributed by atoms with Crippen molar-refractivity contribution in [1.82, 2.24) is 0 Å². The van der Waals surface area contributed by atoms with Gasteiger partial charge in [0.05, 0.1) is 31.6 Å². The Bertz CT molecular complexity index is 1180. The summed E-state index contributed by atoms with van der Waals surface area (Å²) < 4.78 is 21.3. The lowest BCUT2D eigenvalue weighted by molar-refractivity contribution is -0.140. The third-order valence-electron chi connectivity index (χ3n) is 4.83. The molecule has 1 heterocycles. The lowest BCUT2D eigenvalue weighted by atomic mass is 9.88. The molecule has 0 saturated heterocycles. The lowest BCUT2D eigenvalue weighted by Gasteiger charge is -2.19. The van der Waals surface area contributed by atoms with Gasteiger partial charge in [-0.05, 0) is 42.3 Å². The Hall–Kier alpha value is -3.74. The highest BCUT2D eigenvalue weighted by atomic mass is 16.5. The van der Waals surface area contributed by atoms with Crippen LogP contribution in [0.2, 0.25) is 0 Å². The van der Waals surface area contributed by atoms with Crippen molar-refractivity contribution in [2.45, 2.75) is 19.3 Å². The molecule has 7 nitrogen and oxygen atoms in total. The fraction of sp³-hybridized carbons (Fsp3) is 0.250. The quantitative estimate of drug-likeness (QED) is 0.330. The minimum atomic E-state index is -0.822. The highest BCUT2D eigenvalue weighted by molar-refractivity contribution is 5.84. The van der Waals surface area contributed by atoms with E-state index in [1.54, 1.807) is 42.5 Å². The van der Waals surface area contributed by atoms with Gasteiger partial charge in [0.1, 0.15) is 17.9 Å². The summed E-state index contributed by atoms with van der Waals surface area (Å²) in [5.74, 6) is -0.697. The van der Waals surface area contributed by atoms with E-state index in [0.29, 0.717) is 29.1 Å². The van der Waals surface area contributed by atoms with Crippen LogP contribution in [0, 0.1) is 0 Å². The van der Waals surface area contributed by atoms with Gasteiger partial charge in [-0.2, -0.15) is 0 Å². The molecule has 0 aliphatic heterocycles. The van der Waals surface area contributed by atoms with E-state index in [0.717, 1.165) is 5.57 Å². The summed E-state index contributed by atoms with van der Waals surface area (Å²) in [5.41, 5.74) is 0.899. The van der Waals surface area contributed by atoms with Gasteiger partial charge in [-0.15, -0.1) is 0 Å². The third kappa shape index (κ3) is 4.71. The second-order valence-corrected chi connectivity index (χ2v) is 7.14. The first-order chi connectivity index (χ1) is 14.8. The maximum Gasteiger partial charge on any atom is 0.343 e. The van der Waals surface area contributed by atoms with Gasteiger partial charge in [0.2, 0.25) is 0 Å². The minimum Gasteiger partial charge on any atom is -0.507 e. The largest absolute Gasteiger partial charge is 0.507 e. The van der Waals surface area contributed by atoms with E-state index < -0.39 is 17.5 Å². The Morgan fingerprint density at radius 1 is 1.16 bits per heavy atom. The number of esters is 1. The van der Waals surface area contributed by atoms with Gasteiger partial charge in [0.15, 0.2) is 11.5 Å². The first-order valence-electron chi connectivity index (χ1n) is 9.62. The zero-order valence-electron chi connectivity index (χ0n) is 17.6. The van der Waals surface area contributed by atoms with E-state index in [9.17, 15) is 14.7 Å². The second kappa shape index (κ2) is 9.38. The number of carbonyl (C=O) groups excluding carboxylic acids is 1. The third-order valence-corrected chi connectivity index (χ3v) is 4.83. The SMILES string of the molecule is C=C(C)COc1ccc([C@H](CC(=O)OC)c2c(O)c3ccccc3oc2=O)cc1OC. The number of hydrogen-bond acceptors (Lipinski definition) is 7. The zero-order chi connectivity index (χ0) is 22.5. The summed E-state index contributed by atoms with van der Waals surface area (Å²) in [6, 6.07) is 11.7. The number of fused-ring (bicyclic) bond motifs is 1. The van der Waals surface area contributed by atoms with E-state index in [2.05, 4.69) is 6.58 Å². The fourth-order valence-corrected chi connectivity index (χ4v) is 3.31. The maximum absolute atomic E-state index is 12.8. The normalized spacial score (nSPS) is 11.7. The first kappa shape index (κ1) is 22.0. The van der Waals surface area contributed by atoms with Crippen LogP contribution in [0.1, 0.15) is 30.4 Å². The topological polar surface area (TPSA) is 95.2 Å². The predicted octanol–water partition coefficient (Wildman–Crippen LogP) is 4.16. The standard InChI is InChI=1S/C24H24O7/c1-14(2)13-30-19-10-9-15(11-20(19)28-3)17(12-21(25)29-4)22-23(26)16-7-5-6-8-18(16)31-24(22)27/h5-11,17,26H,1,12-13H2,2-4H3/t17-/m0/s1. The fourth-order valence-electron chi connectivity index (χ4n) is 3.31. The van der Waals surface area contributed by atoms with Crippen molar-refractivity contribution >= 4 is 16.9 Å². The van der Waals surface area contributed by atoms with Crippen LogP contribution in [0.5, 0.6) is 17.2 Å². The van der Waals surface area contributed by atoms with Gasteiger partial charge in [-0.3, -0.25) is 4.79 Å². The summed E-state index contributed by atoms with van der Waals surface area (Å²) in [6.45, 7) is 5.97. The predicted molar refractivity (Wildman–Crippen MR) is 116 cm³/mol. The van der Waals surface area contributed by atoms with Crippen LogP contribution in [0.3, 0.4) is 0 Å². The van der Waals surface area contributed by atoms with E-state index in [1.165, 1.54) is 14.2 Å². The summed E-state index contributed by atoms with van der Waals surface area (Å²) in [7, 11) is 2.75. The van der Waals surface area contributed by atoms with E-state index >= 15 is 0 Å². The van der Waals surface area contributed by atoms with Crippen LogP contribution in [0.15, 0.2) is 63.8 Å². The number of aromatic hydroxyl groups is 1. The molecule has 162 valence electrons. The van der Waals surface area contributed by atoms with Gasteiger partial charge >= 0.3 is 11.6 Å². The van der Waals surface area contributed by atoms with Crippen LogP contribution in [0.25, 0.3) is 11.0 Å². The van der Waals surface area contributed by atoms with Gasteiger partial charge in [-0.25, -0.2) is 4.79 Å². The summed E-state index contributed by atoms with van der Waals surface area (Å²) in [6.07, 6.45) is -0.178. The molecule has 0 aliphatic carbocycles. The molecule has 0 unspecified atom stereocenters. The molecule has 0 fully saturated rings. The van der Waals surface area contributed by atoms with Gasteiger partial charge in [-0.1, -0.05) is 24.8 Å². The summed E-state index contributed by atoms with van der Waals surface area (Å²) >= 11 is 0. The van der Waals surface area contributed by atoms with Crippen molar-refractivity contribution in [3.05, 3.63) is 76.2 Å². The average Bonchev–Trinajstić information content (AvgIpc) is 2.76. The Kier molecular flexibility index (Phi) is 6.65. The summed E-state index contributed by atoms with van der Waals surface area (Å²) in [4.78, 5) is 24.9. The van der Waals surface area contributed by atoms with Crippen LogP contribution < -0.4 is 15.1 Å². The monoisotopic (exact) mass is 424 g/mol. The van der Waals surface area contributed by atoms with Gasteiger partial charge < -0.3 is 23.7 Å². The number of hydrogen-bond donors (Lipinski definition) is 1. The van der Waals surface area contributed by atoms with E-state index in [4.69, 9.17) is 18.6 Å². The number of ether oxygens (including phenoxy) is 3. The molecule has 0 spiro atoms. The van der Waals surface area contributed by atoms with Crippen molar-refractivity contribution in [3.63, 3.8) is 0 Å². The summed E-state index contributed by atoms with van der Waals surface area (Å²) in [5, 5.41) is 11.3. The van der Waals surface area contributed by atoms with Crippen molar-refractivity contribution in [2.75, 3.05) is 20.8 Å². The number of rotatable bonds is 8. The molecule has 0 radical (unpaired) electrons. The molecular formula is C24H24O7. The van der Waals surface area contributed by atoms with Crippen LogP contribution in [-0.4, -0.2) is 31.9 Å². The number of para-hydroxylation sites is 1. The Morgan fingerprint density at radius 2 is 1.90 bits per heavy atom. The molecule has 1 N–H and O–H groups in total. The molecule has 31 heavy (non-hydrogen) atoms. The number of carbonyl (C=O) groups is 1. The number of methoxy groups -OCH3 is 2. The van der Waals surface area contributed by atoms with Crippen molar-refractivity contribution < 1.29 is 28.5 Å². The molecule has 2 aromatic carbocycles. The van der Waals surface area contributed by atoms with E-state index in [1.807, 2.05) is 6.92 Å². The maximum atomic E-state index is 12.8. The average molecular weight is 424 g/mol. The number of benzene rings is 2. The highest BCUT2D eigenvalue weighted by Crippen LogP contribution is 2.39. The van der Waals surface area contributed by atoms with Gasteiger partial charge in [0.25, 0.3) is 0 Å². The zero-order valence-corrected chi connectivity index (χ0v) is 17.6. The molecular weight excluding hydrogens is 400 g/mol. The van der Waals surface area contributed by atoms with Crippen LogP contribution in [0.4, 0.5) is 0 Å². The molecule has 0 bridgehead atoms. The molecule has 0 aliphatic rings. The molecule has 0 amide bonds. The van der Waals surface area contributed by atoms with E-state index in [-0.39, 0.29) is 23.3 Å². The van der Waals surface area contributed by atoms with Crippen molar-refractivity contribution in [1.29, 1.82) is 0 Å². The Labute approximate surface area is 179 Å². The van der Waals surface area contributed by atoms with Crippen molar-refractivity contribution in [3.8, 4) is 17.2 Å². The molecule has 1 atom stereocenters. The molecule has 3 aromatic rings.